The number of carbonyl (C=O) groups is 1. The number of nitrogens with zero attached hydrogens (tertiary/aromatic N) is 1. The van der Waals surface area contributed by atoms with Crippen LogP contribution in [0.15, 0.2) is 65.1 Å². The third kappa shape index (κ3) is 5.13. The van der Waals surface area contributed by atoms with E-state index in [4.69, 9.17) is 0 Å². The summed E-state index contributed by atoms with van der Waals surface area (Å²) in [7, 11) is -3.76. The van der Waals surface area contributed by atoms with Crippen LogP contribution in [0, 0.1) is 13.8 Å². The maximum atomic E-state index is 13.0. The molecule has 5 heteroatoms. The lowest BCUT2D eigenvalue weighted by Crippen LogP contribution is -2.36. The van der Waals surface area contributed by atoms with Crippen molar-refractivity contribution in [2.24, 2.45) is 0 Å². The van der Waals surface area contributed by atoms with Crippen molar-refractivity contribution in [1.29, 1.82) is 0 Å². The second kappa shape index (κ2) is 8.43. The Balaban J connectivity index is 2.33. The van der Waals surface area contributed by atoms with Crippen LogP contribution < -0.4 is 0 Å². The molecule has 0 saturated heterocycles. The number of rotatable bonds is 7. The number of sulfonamides is 1. The SMILES string of the molecule is CC(C)=CCN(CC(=O)c1ccc(C)cc1)S(=O)(=O)c1ccc(C)cc1. The number of hydrogen-bond donors (Lipinski definition) is 0. The van der Waals surface area contributed by atoms with E-state index in [0.717, 1.165) is 16.7 Å². The van der Waals surface area contributed by atoms with Crippen molar-refractivity contribution in [3.05, 3.63) is 76.9 Å². The van der Waals surface area contributed by atoms with Gasteiger partial charge in [0.15, 0.2) is 5.78 Å². The molecule has 2 rings (SSSR count). The molecule has 0 fully saturated rings. The average Bonchev–Trinajstić information content (AvgIpc) is 2.59. The lowest BCUT2D eigenvalue weighted by molar-refractivity contribution is 0.0969. The molecule has 2 aromatic rings. The predicted molar refractivity (Wildman–Crippen MR) is 105 cm³/mol. The summed E-state index contributed by atoms with van der Waals surface area (Å²) in [5.74, 6) is -0.220. The van der Waals surface area contributed by atoms with Gasteiger partial charge in [-0.15, -0.1) is 0 Å². The maximum Gasteiger partial charge on any atom is 0.243 e. The van der Waals surface area contributed by atoms with Crippen molar-refractivity contribution in [3.8, 4) is 0 Å². The fraction of sp³-hybridized carbons (Fsp3) is 0.286. The smallest absolute Gasteiger partial charge is 0.243 e. The number of ketones is 1. The van der Waals surface area contributed by atoms with Gasteiger partial charge >= 0.3 is 0 Å². The molecule has 0 unspecified atom stereocenters. The van der Waals surface area contributed by atoms with E-state index in [9.17, 15) is 13.2 Å². The van der Waals surface area contributed by atoms with Gasteiger partial charge in [0.2, 0.25) is 10.0 Å². The van der Waals surface area contributed by atoms with Gasteiger partial charge in [0.25, 0.3) is 0 Å². The summed E-state index contributed by atoms with van der Waals surface area (Å²) in [4.78, 5) is 12.8. The first-order valence-electron chi connectivity index (χ1n) is 8.50. The number of aryl methyl sites for hydroxylation is 2. The van der Waals surface area contributed by atoms with Crippen LogP contribution in [0.1, 0.15) is 35.3 Å². The van der Waals surface area contributed by atoms with E-state index in [0.29, 0.717) is 5.56 Å². The number of allylic oxidation sites excluding steroid dienone is 1. The molecule has 0 aliphatic rings. The van der Waals surface area contributed by atoms with Gasteiger partial charge in [0, 0.05) is 12.1 Å². The summed E-state index contributed by atoms with van der Waals surface area (Å²) in [5.41, 5.74) is 3.54. The Hall–Kier alpha value is -2.24. The second-order valence-electron chi connectivity index (χ2n) is 6.68. The minimum absolute atomic E-state index is 0.163. The van der Waals surface area contributed by atoms with E-state index in [1.165, 1.54) is 4.31 Å². The van der Waals surface area contributed by atoms with E-state index in [2.05, 4.69) is 0 Å². The first-order chi connectivity index (χ1) is 12.2. The highest BCUT2D eigenvalue weighted by Crippen LogP contribution is 2.18. The Kier molecular flexibility index (Phi) is 6.51. The molecule has 0 aliphatic carbocycles. The maximum absolute atomic E-state index is 13.0. The van der Waals surface area contributed by atoms with E-state index < -0.39 is 10.0 Å². The van der Waals surface area contributed by atoms with Crippen LogP contribution in [-0.2, 0) is 10.0 Å². The first-order valence-corrected chi connectivity index (χ1v) is 9.94. The zero-order valence-electron chi connectivity index (χ0n) is 15.7. The molecule has 2 aromatic carbocycles. The summed E-state index contributed by atoms with van der Waals surface area (Å²) in [6.45, 7) is 7.62. The highest BCUT2D eigenvalue weighted by Gasteiger charge is 2.26. The molecule has 0 atom stereocenters. The van der Waals surface area contributed by atoms with Gasteiger partial charge in [-0.2, -0.15) is 4.31 Å². The van der Waals surface area contributed by atoms with Crippen molar-refractivity contribution >= 4 is 15.8 Å². The van der Waals surface area contributed by atoms with Gasteiger partial charge in [-0.1, -0.05) is 59.2 Å². The van der Waals surface area contributed by atoms with Crippen LogP contribution in [0.2, 0.25) is 0 Å². The van der Waals surface area contributed by atoms with Crippen molar-refractivity contribution < 1.29 is 13.2 Å². The molecule has 0 aliphatic heterocycles. The Labute approximate surface area is 156 Å². The summed E-state index contributed by atoms with van der Waals surface area (Å²) in [6.07, 6.45) is 1.81. The molecular weight excluding hydrogens is 346 g/mol. The Morgan fingerprint density at radius 3 is 1.92 bits per heavy atom. The van der Waals surface area contributed by atoms with Gasteiger partial charge in [0.1, 0.15) is 0 Å². The normalized spacial score (nSPS) is 11.4. The van der Waals surface area contributed by atoms with Crippen LogP contribution in [-0.4, -0.2) is 31.6 Å². The van der Waals surface area contributed by atoms with Crippen LogP contribution in [0.5, 0.6) is 0 Å². The van der Waals surface area contributed by atoms with Crippen LogP contribution in [0.3, 0.4) is 0 Å². The lowest BCUT2D eigenvalue weighted by atomic mass is 10.1. The van der Waals surface area contributed by atoms with Crippen molar-refractivity contribution in [2.45, 2.75) is 32.6 Å². The van der Waals surface area contributed by atoms with Gasteiger partial charge in [-0.05, 0) is 39.8 Å². The lowest BCUT2D eigenvalue weighted by Gasteiger charge is -2.20. The molecule has 4 nitrogen and oxygen atoms in total. The third-order valence-corrected chi connectivity index (χ3v) is 5.88. The van der Waals surface area contributed by atoms with E-state index in [-0.39, 0.29) is 23.8 Å². The van der Waals surface area contributed by atoms with Crippen molar-refractivity contribution in [3.63, 3.8) is 0 Å². The second-order valence-corrected chi connectivity index (χ2v) is 8.62. The molecule has 0 aromatic heterocycles. The van der Waals surface area contributed by atoms with Crippen molar-refractivity contribution in [2.75, 3.05) is 13.1 Å². The molecule has 0 heterocycles. The van der Waals surface area contributed by atoms with E-state index in [1.54, 1.807) is 36.4 Å². The van der Waals surface area contributed by atoms with Gasteiger partial charge in [-0.3, -0.25) is 4.79 Å². The average molecular weight is 372 g/mol. The standard InChI is InChI=1S/C21H25NO3S/c1-16(2)13-14-22(15-21(23)19-9-5-17(3)6-10-19)26(24,25)20-11-7-18(4)8-12-20/h5-13H,14-15H2,1-4H3. The molecule has 26 heavy (non-hydrogen) atoms. The minimum atomic E-state index is -3.76. The number of hydrogen-bond acceptors (Lipinski definition) is 3. The Bertz CT molecular complexity index is 891. The highest BCUT2D eigenvalue weighted by molar-refractivity contribution is 7.89. The van der Waals surface area contributed by atoms with Gasteiger partial charge in [-0.25, -0.2) is 8.42 Å². The molecule has 0 N–H and O–H groups in total. The summed E-state index contributed by atoms with van der Waals surface area (Å²) < 4.78 is 27.3. The summed E-state index contributed by atoms with van der Waals surface area (Å²) in [6, 6.07) is 13.8. The highest BCUT2D eigenvalue weighted by atomic mass is 32.2. The number of benzene rings is 2. The molecule has 0 radical (unpaired) electrons. The van der Waals surface area contributed by atoms with Gasteiger partial charge in [0.05, 0.1) is 11.4 Å². The third-order valence-electron chi connectivity index (χ3n) is 4.06. The zero-order chi connectivity index (χ0) is 19.3. The molecule has 0 amide bonds. The van der Waals surface area contributed by atoms with E-state index >= 15 is 0 Å². The quantitative estimate of drug-likeness (QED) is 0.543. The number of Topliss-reactive ketones (excluding diaryl/α,β-unsaturated/α-hetero) is 1. The fourth-order valence-electron chi connectivity index (χ4n) is 2.38. The van der Waals surface area contributed by atoms with Crippen LogP contribution in [0.25, 0.3) is 0 Å². The summed E-state index contributed by atoms with van der Waals surface area (Å²) in [5, 5.41) is 0. The molecule has 0 saturated carbocycles. The van der Waals surface area contributed by atoms with Crippen LogP contribution in [0.4, 0.5) is 0 Å². The Morgan fingerprint density at radius 2 is 1.42 bits per heavy atom. The predicted octanol–water partition coefficient (Wildman–Crippen LogP) is 4.14. The number of carbonyl (C=O) groups excluding carboxylic acids is 1. The van der Waals surface area contributed by atoms with Crippen molar-refractivity contribution in [1.82, 2.24) is 4.31 Å². The molecule has 0 bridgehead atoms. The van der Waals surface area contributed by atoms with E-state index in [1.807, 2.05) is 45.9 Å². The first kappa shape index (κ1) is 20.1. The largest absolute Gasteiger partial charge is 0.293 e. The molecule has 0 spiro atoms. The Morgan fingerprint density at radius 1 is 0.923 bits per heavy atom. The zero-order valence-corrected chi connectivity index (χ0v) is 16.5. The van der Waals surface area contributed by atoms with Crippen LogP contribution >= 0.6 is 0 Å². The molecule has 138 valence electrons. The fourth-order valence-corrected chi connectivity index (χ4v) is 3.72. The van der Waals surface area contributed by atoms with Gasteiger partial charge < -0.3 is 0 Å². The topological polar surface area (TPSA) is 54.5 Å². The molecular formula is C21H25NO3S. The minimum Gasteiger partial charge on any atom is -0.293 e. The monoisotopic (exact) mass is 371 g/mol. The summed E-state index contributed by atoms with van der Waals surface area (Å²) >= 11 is 0.